The number of nitrogen functional groups attached to an aromatic ring is 1. The Morgan fingerprint density at radius 1 is 1.44 bits per heavy atom. The van der Waals surface area contributed by atoms with Gasteiger partial charge in [0.25, 0.3) is 5.91 Å². The van der Waals surface area contributed by atoms with E-state index in [2.05, 4.69) is 5.10 Å². The maximum Gasteiger partial charge on any atom is 0.405 e. The maximum atomic E-state index is 11.8. The smallest absolute Gasteiger partial charge is 0.396 e. The van der Waals surface area contributed by atoms with Gasteiger partial charge in [-0.25, -0.2) is 0 Å². The van der Waals surface area contributed by atoms with Gasteiger partial charge in [-0.15, -0.1) is 0 Å². The Bertz CT molecular complexity index is 468. The fourth-order valence-corrected chi connectivity index (χ4v) is 1.11. The fourth-order valence-electron chi connectivity index (χ4n) is 1.11. The van der Waals surface area contributed by atoms with Crippen LogP contribution in [0.5, 0.6) is 0 Å². The number of rotatable bonds is 4. The van der Waals surface area contributed by atoms with Crippen molar-refractivity contribution in [3.63, 3.8) is 0 Å². The second kappa shape index (κ2) is 4.94. The molecule has 0 atom stereocenters. The zero-order valence-electron chi connectivity index (χ0n) is 8.99. The van der Waals surface area contributed by atoms with Gasteiger partial charge < -0.3 is 16.8 Å². The van der Waals surface area contributed by atoms with E-state index < -0.39 is 31.1 Å². The Balaban J connectivity index is 2.60. The lowest BCUT2D eigenvalue weighted by atomic mass is 10.4. The van der Waals surface area contributed by atoms with E-state index >= 15 is 0 Å². The first kappa shape index (κ1) is 13.8. The monoisotopic (exact) mass is 265 g/mol. The average molecular weight is 265 g/mol. The van der Waals surface area contributed by atoms with Gasteiger partial charge in [-0.1, -0.05) is 0 Å². The van der Waals surface area contributed by atoms with E-state index in [0.29, 0.717) is 0 Å². The van der Waals surface area contributed by atoms with Crippen LogP contribution >= 0.6 is 0 Å². The molecule has 0 aliphatic carbocycles. The van der Waals surface area contributed by atoms with Gasteiger partial charge in [0, 0.05) is 6.20 Å². The molecule has 100 valence electrons. The highest BCUT2D eigenvalue weighted by Gasteiger charge is 2.27. The minimum atomic E-state index is -4.49. The fraction of sp³-hybridized carbons (Fsp3) is 0.375. The molecule has 1 rings (SSSR count). The Kier molecular flexibility index (Phi) is 3.79. The number of aromatic nitrogens is 2. The molecule has 1 aromatic rings. The highest BCUT2D eigenvalue weighted by molar-refractivity contribution is 5.95. The molecule has 0 unspecified atom stereocenters. The average Bonchev–Trinajstić information content (AvgIpc) is 2.55. The van der Waals surface area contributed by atoms with Crippen molar-refractivity contribution in [2.24, 2.45) is 5.73 Å². The van der Waals surface area contributed by atoms with Crippen LogP contribution < -0.4 is 16.8 Å². The third-order valence-corrected chi connectivity index (χ3v) is 1.81. The number of hydrogen-bond donors (Lipinski definition) is 3. The number of nitrogens with zero attached hydrogens (tertiary/aromatic N) is 2. The summed E-state index contributed by atoms with van der Waals surface area (Å²) in [5, 5.41) is 5.22. The number of carbonyl (C=O) groups is 2. The summed E-state index contributed by atoms with van der Waals surface area (Å²) < 4.78 is 36.4. The van der Waals surface area contributed by atoms with Crippen molar-refractivity contribution in [1.82, 2.24) is 15.1 Å². The first-order chi connectivity index (χ1) is 8.19. The van der Waals surface area contributed by atoms with E-state index in [1.807, 2.05) is 0 Å². The molecule has 0 bridgehead atoms. The number of anilines is 1. The van der Waals surface area contributed by atoms with Gasteiger partial charge in [0.2, 0.25) is 5.91 Å². The zero-order valence-corrected chi connectivity index (χ0v) is 8.99. The van der Waals surface area contributed by atoms with Crippen molar-refractivity contribution in [2.45, 2.75) is 12.7 Å². The number of hydrogen-bond acceptors (Lipinski definition) is 4. The SMILES string of the molecule is NC(=O)c1nn(CC(=O)NCC(F)(F)F)cc1N. The van der Waals surface area contributed by atoms with Crippen molar-refractivity contribution in [3.05, 3.63) is 11.9 Å². The van der Waals surface area contributed by atoms with Gasteiger partial charge in [0.05, 0.1) is 5.69 Å². The normalized spacial score (nSPS) is 11.3. The molecule has 18 heavy (non-hydrogen) atoms. The van der Waals surface area contributed by atoms with Crippen LogP contribution in [0, 0.1) is 0 Å². The number of primary amides is 1. The van der Waals surface area contributed by atoms with Crippen molar-refractivity contribution >= 4 is 17.5 Å². The van der Waals surface area contributed by atoms with Crippen LogP contribution in [0.15, 0.2) is 6.20 Å². The molecule has 0 aliphatic rings. The van der Waals surface area contributed by atoms with Crippen molar-refractivity contribution in [2.75, 3.05) is 12.3 Å². The lowest BCUT2D eigenvalue weighted by Gasteiger charge is -2.07. The van der Waals surface area contributed by atoms with Crippen LogP contribution in [0.1, 0.15) is 10.5 Å². The number of carbonyl (C=O) groups excluding carboxylic acids is 2. The van der Waals surface area contributed by atoms with E-state index in [1.165, 1.54) is 0 Å². The van der Waals surface area contributed by atoms with Gasteiger partial charge in [0.1, 0.15) is 13.1 Å². The van der Waals surface area contributed by atoms with E-state index in [0.717, 1.165) is 10.9 Å². The largest absolute Gasteiger partial charge is 0.405 e. The Morgan fingerprint density at radius 3 is 2.50 bits per heavy atom. The van der Waals surface area contributed by atoms with Crippen molar-refractivity contribution in [1.29, 1.82) is 0 Å². The first-order valence-corrected chi connectivity index (χ1v) is 4.65. The molecule has 1 aromatic heterocycles. The number of amides is 2. The lowest BCUT2D eigenvalue weighted by Crippen LogP contribution is -2.35. The van der Waals surface area contributed by atoms with Gasteiger partial charge in [0.15, 0.2) is 5.69 Å². The number of nitrogens with one attached hydrogen (secondary N) is 1. The number of halogens is 3. The Labute approximate surface area is 98.9 Å². The second-order valence-corrected chi connectivity index (χ2v) is 3.39. The summed E-state index contributed by atoms with van der Waals surface area (Å²) in [6.45, 7) is -1.93. The summed E-state index contributed by atoms with van der Waals surface area (Å²) in [5.41, 5.74) is 10.0. The van der Waals surface area contributed by atoms with Gasteiger partial charge >= 0.3 is 6.18 Å². The van der Waals surface area contributed by atoms with Crippen LogP contribution in [0.2, 0.25) is 0 Å². The van der Waals surface area contributed by atoms with Crippen LogP contribution in [0.25, 0.3) is 0 Å². The molecule has 0 saturated carbocycles. The summed E-state index contributed by atoms with van der Waals surface area (Å²) >= 11 is 0. The minimum absolute atomic E-state index is 0.0499. The van der Waals surface area contributed by atoms with Gasteiger partial charge in [-0.05, 0) is 0 Å². The highest BCUT2D eigenvalue weighted by atomic mass is 19.4. The maximum absolute atomic E-state index is 11.8. The predicted octanol–water partition coefficient (Wildman–Crippen LogP) is -0.757. The molecule has 0 fully saturated rings. The molecule has 0 aromatic carbocycles. The van der Waals surface area contributed by atoms with Crippen LogP contribution in [-0.4, -0.2) is 34.3 Å². The summed E-state index contributed by atoms with van der Waals surface area (Å²) in [7, 11) is 0. The molecule has 0 spiro atoms. The lowest BCUT2D eigenvalue weighted by molar-refractivity contribution is -0.138. The van der Waals surface area contributed by atoms with E-state index in [-0.39, 0.29) is 11.4 Å². The predicted molar refractivity (Wildman–Crippen MR) is 54.2 cm³/mol. The van der Waals surface area contributed by atoms with E-state index in [4.69, 9.17) is 11.5 Å². The van der Waals surface area contributed by atoms with E-state index in [1.54, 1.807) is 5.32 Å². The number of nitrogens with two attached hydrogens (primary N) is 2. The van der Waals surface area contributed by atoms with Crippen molar-refractivity contribution < 1.29 is 22.8 Å². The molecular formula is C8H10F3N5O2. The highest BCUT2D eigenvalue weighted by Crippen LogP contribution is 2.12. The van der Waals surface area contributed by atoms with Gasteiger partial charge in [-0.3, -0.25) is 14.3 Å². The first-order valence-electron chi connectivity index (χ1n) is 4.65. The summed E-state index contributed by atoms with van der Waals surface area (Å²) in [4.78, 5) is 21.9. The van der Waals surface area contributed by atoms with Crippen molar-refractivity contribution in [3.8, 4) is 0 Å². The van der Waals surface area contributed by atoms with Crippen LogP contribution in [0.4, 0.5) is 18.9 Å². The molecule has 0 radical (unpaired) electrons. The second-order valence-electron chi connectivity index (χ2n) is 3.39. The number of alkyl halides is 3. The molecule has 5 N–H and O–H groups in total. The van der Waals surface area contributed by atoms with E-state index in [9.17, 15) is 22.8 Å². The molecule has 0 aliphatic heterocycles. The van der Waals surface area contributed by atoms with Gasteiger partial charge in [-0.2, -0.15) is 18.3 Å². The summed E-state index contributed by atoms with van der Waals surface area (Å²) in [6, 6.07) is 0. The van der Waals surface area contributed by atoms with Crippen LogP contribution in [-0.2, 0) is 11.3 Å². The molecule has 0 saturated heterocycles. The summed E-state index contributed by atoms with van der Waals surface area (Å²) in [6.07, 6.45) is -3.36. The molecule has 1 heterocycles. The quantitative estimate of drug-likeness (QED) is 0.663. The topological polar surface area (TPSA) is 116 Å². The Hall–Kier alpha value is -2.26. The third kappa shape index (κ3) is 3.96. The third-order valence-electron chi connectivity index (χ3n) is 1.81. The molecule has 2 amide bonds. The minimum Gasteiger partial charge on any atom is -0.396 e. The zero-order chi connectivity index (χ0) is 13.9. The standard InChI is InChI=1S/C8H10F3N5O2/c9-8(10,11)3-14-5(17)2-16-1-4(12)6(15-16)7(13)18/h1H,2-3,12H2,(H2,13,18)(H,14,17). The molecular weight excluding hydrogens is 255 g/mol. The molecule has 10 heteroatoms. The molecule has 7 nitrogen and oxygen atoms in total. The Morgan fingerprint density at radius 2 is 2.06 bits per heavy atom. The van der Waals surface area contributed by atoms with Crippen LogP contribution in [0.3, 0.4) is 0 Å². The summed E-state index contributed by atoms with van der Waals surface area (Å²) in [5.74, 6) is -1.80.